The summed E-state index contributed by atoms with van der Waals surface area (Å²) >= 11 is 0. The molecule has 0 aromatic carbocycles. The molecule has 2 aliphatic rings. The van der Waals surface area contributed by atoms with E-state index in [2.05, 4.69) is 43.8 Å². The van der Waals surface area contributed by atoms with Gasteiger partial charge in [-0.1, -0.05) is 19.0 Å². The lowest BCUT2D eigenvalue weighted by Crippen LogP contribution is -2.54. The highest BCUT2D eigenvalue weighted by atomic mass is 16.5. The van der Waals surface area contributed by atoms with Crippen molar-refractivity contribution in [2.75, 3.05) is 24.5 Å². The van der Waals surface area contributed by atoms with Crippen LogP contribution in [-0.2, 0) is 17.8 Å². The summed E-state index contributed by atoms with van der Waals surface area (Å²) in [5.74, 6) is 1.40. The Morgan fingerprint density at radius 3 is 2.66 bits per heavy atom. The fraction of sp³-hybridized carbons (Fsp3) is 0.583. The van der Waals surface area contributed by atoms with Crippen molar-refractivity contribution in [2.24, 2.45) is 0 Å². The van der Waals surface area contributed by atoms with Gasteiger partial charge in [0.2, 0.25) is 0 Å². The number of rotatable bonds is 3. The van der Waals surface area contributed by atoms with E-state index in [1.807, 2.05) is 11.8 Å². The zero-order chi connectivity index (χ0) is 23.2. The number of nitrogens with zero attached hydrogens (tertiary/aromatic N) is 5. The van der Waals surface area contributed by atoms with Gasteiger partial charge in [0.25, 0.3) is 5.91 Å². The van der Waals surface area contributed by atoms with E-state index in [0.29, 0.717) is 49.5 Å². The van der Waals surface area contributed by atoms with E-state index >= 15 is 0 Å². The second kappa shape index (κ2) is 8.21. The second-order valence-corrected chi connectivity index (χ2v) is 9.73. The van der Waals surface area contributed by atoms with Crippen molar-refractivity contribution in [3.05, 3.63) is 39.9 Å². The Balaban J connectivity index is 1.67. The van der Waals surface area contributed by atoms with Crippen LogP contribution in [0.3, 0.4) is 0 Å². The van der Waals surface area contributed by atoms with Gasteiger partial charge in [-0.05, 0) is 39.2 Å². The zero-order valence-electron chi connectivity index (χ0n) is 19.7. The monoisotopic (exact) mass is 437 g/mol. The Bertz CT molecular complexity index is 1080. The Labute approximate surface area is 189 Å². The maximum absolute atomic E-state index is 13.0. The highest BCUT2D eigenvalue weighted by Gasteiger charge is 2.36. The SMILES string of the molecule is Cc1oncc1C(=O)N1CCN(c2nc(C(C)C)c3c(c2C#N)CC(C)(C)OC3)CC1C. The number of pyridine rings is 1. The molecule has 0 N–H and O–H groups in total. The van der Waals surface area contributed by atoms with E-state index in [-0.39, 0.29) is 23.5 Å². The lowest BCUT2D eigenvalue weighted by molar-refractivity contribution is -0.0408. The summed E-state index contributed by atoms with van der Waals surface area (Å²) < 4.78 is 11.1. The molecule has 0 spiro atoms. The van der Waals surface area contributed by atoms with Crippen molar-refractivity contribution in [3.8, 4) is 6.07 Å². The standard InChI is InChI=1S/C24H31N5O3/c1-14(2)21-20-13-31-24(5,6)9-17(20)18(10-25)22(27-21)28-7-8-29(15(3)12-28)23(30)19-11-26-32-16(19)4/h11,14-15H,7-9,12-13H2,1-6H3. The molecule has 1 fully saturated rings. The summed E-state index contributed by atoms with van der Waals surface area (Å²) in [5.41, 5.74) is 3.94. The Hall–Kier alpha value is -2.92. The zero-order valence-corrected chi connectivity index (χ0v) is 19.7. The minimum Gasteiger partial charge on any atom is -0.370 e. The van der Waals surface area contributed by atoms with E-state index in [4.69, 9.17) is 14.2 Å². The average Bonchev–Trinajstić information content (AvgIpc) is 3.17. The van der Waals surface area contributed by atoms with Crippen LogP contribution >= 0.6 is 0 Å². The van der Waals surface area contributed by atoms with Crippen LogP contribution in [0.5, 0.6) is 0 Å². The number of aromatic nitrogens is 2. The molecule has 0 radical (unpaired) electrons. The Kier molecular flexibility index (Phi) is 5.72. The Morgan fingerprint density at radius 1 is 1.31 bits per heavy atom. The molecule has 8 nitrogen and oxygen atoms in total. The molecule has 0 saturated carbocycles. The number of anilines is 1. The maximum Gasteiger partial charge on any atom is 0.259 e. The van der Waals surface area contributed by atoms with Crippen LogP contribution in [0.15, 0.2) is 10.7 Å². The molecule has 4 rings (SSSR count). The van der Waals surface area contributed by atoms with E-state index in [9.17, 15) is 10.1 Å². The number of carbonyl (C=O) groups is 1. The first kappa shape index (κ1) is 22.3. The van der Waals surface area contributed by atoms with E-state index in [1.54, 1.807) is 6.92 Å². The third kappa shape index (κ3) is 3.86. The number of piperazine rings is 1. The molecule has 0 aliphatic carbocycles. The summed E-state index contributed by atoms with van der Waals surface area (Å²) in [4.78, 5) is 22.0. The molecule has 2 aliphatic heterocycles. The number of aryl methyl sites for hydroxylation is 1. The fourth-order valence-corrected chi connectivity index (χ4v) is 4.71. The Morgan fingerprint density at radius 2 is 2.06 bits per heavy atom. The van der Waals surface area contributed by atoms with Gasteiger partial charge in [-0.15, -0.1) is 0 Å². The lowest BCUT2D eigenvalue weighted by Gasteiger charge is -2.41. The number of hydrogen-bond acceptors (Lipinski definition) is 7. The van der Waals surface area contributed by atoms with Gasteiger partial charge in [-0.3, -0.25) is 4.79 Å². The molecule has 8 heteroatoms. The third-order valence-electron chi connectivity index (χ3n) is 6.46. The van der Waals surface area contributed by atoms with Crippen molar-refractivity contribution >= 4 is 11.7 Å². The van der Waals surface area contributed by atoms with Gasteiger partial charge >= 0.3 is 0 Å². The number of fused-ring (bicyclic) bond motifs is 1. The van der Waals surface area contributed by atoms with Crippen molar-refractivity contribution < 1.29 is 14.1 Å². The molecule has 4 heterocycles. The van der Waals surface area contributed by atoms with Crippen LogP contribution in [0.1, 0.15) is 79.0 Å². The number of amides is 1. The van der Waals surface area contributed by atoms with E-state index in [0.717, 1.165) is 22.6 Å². The number of carbonyl (C=O) groups excluding carboxylic acids is 1. The van der Waals surface area contributed by atoms with Crippen molar-refractivity contribution in [1.82, 2.24) is 15.0 Å². The molecule has 1 saturated heterocycles. The molecule has 1 unspecified atom stereocenters. The minimum absolute atomic E-state index is 0.0443. The van der Waals surface area contributed by atoms with Crippen LogP contribution in [-0.4, -0.2) is 52.2 Å². The van der Waals surface area contributed by atoms with Crippen molar-refractivity contribution in [1.29, 1.82) is 5.26 Å². The highest BCUT2D eigenvalue weighted by Crippen LogP contribution is 2.38. The fourth-order valence-electron chi connectivity index (χ4n) is 4.71. The first-order chi connectivity index (χ1) is 15.1. The van der Waals surface area contributed by atoms with E-state index in [1.165, 1.54) is 6.20 Å². The van der Waals surface area contributed by atoms with Crippen LogP contribution in [0.25, 0.3) is 0 Å². The topological polar surface area (TPSA) is 95.5 Å². The van der Waals surface area contributed by atoms with Crippen molar-refractivity contribution in [3.63, 3.8) is 0 Å². The smallest absolute Gasteiger partial charge is 0.259 e. The summed E-state index contributed by atoms with van der Waals surface area (Å²) in [6.07, 6.45) is 2.16. The van der Waals surface area contributed by atoms with Gasteiger partial charge in [0.1, 0.15) is 23.2 Å². The molecule has 1 atom stereocenters. The molecule has 2 aromatic rings. The summed E-state index contributed by atoms with van der Waals surface area (Å²) in [6, 6.07) is 2.40. The largest absolute Gasteiger partial charge is 0.370 e. The van der Waals surface area contributed by atoms with Crippen LogP contribution in [0, 0.1) is 18.3 Å². The van der Waals surface area contributed by atoms with Gasteiger partial charge in [0.05, 0.1) is 29.7 Å². The second-order valence-electron chi connectivity index (χ2n) is 9.73. The average molecular weight is 438 g/mol. The molecule has 2 aromatic heterocycles. The minimum atomic E-state index is -0.319. The van der Waals surface area contributed by atoms with Crippen LogP contribution in [0.2, 0.25) is 0 Å². The molecule has 0 bridgehead atoms. The summed E-state index contributed by atoms with van der Waals surface area (Å²) in [5, 5.41) is 13.9. The summed E-state index contributed by atoms with van der Waals surface area (Å²) in [7, 11) is 0. The molecular formula is C24H31N5O3. The predicted molar refractivity (Wildman–Crippen MR) is 120 cm³/mol. The number of ether oxygens (including phenoxy) is 1. The highest BCUT2D eigenvalue weighted by molar-refractivity contribution is 5.95. The van der Waals surface area contributed by atoms with Crippen LogP contribution < -0.4 is 4.90 Å². The van der Waals surface area contributed by atoms with Gasteiger partial charge < -0.3 is 19.1 Å². The van der Waals surface area contributed by atoms with Gasteiger partial charge in [-0.2, -0.15) is 5.26 Å². The number of hydrogen-bond donors (Lipinski definition) is 0. The first-order valence-electron chi connectivity index (χ1n) is 11.2. The first-order valence-corrected chi connectivity index (χ1v) is 11.2. The van der Waals surface area contributed by atoms with Gasteiger partial charge in [0.15, 0.2) is 0 Å². The molecule has 170 valence electrons. The predicted octanol–water partition coefficient (Wildman–Crippen LogP) is 3.58. The normalized spacial score (nSPS) is 20.2. The third-order valence-corrected chi connectivity index (χ3v) is 6.46. The maximum atomic E-state index is 13.0. The quantitative estimate of drug-likeness (QED) is 0.724. The van der Waals surface area contributed by atoms with Crippen LogP contribution in [0.4, 0.5) is 5.82 Å². The van der Waals surface area contributed by atoms with Gasteiger partial charge in [0, 0.05) is 37.7 Å². The summed E-state index contributed by atoms with van der Waals surface area (Å²) in [6.45, 7) is 14.4. The molecular weight excluding hydrogens is 406 g/mol. The van der Waals surface area contributed by atoms with E-state index < -0.39 is 0 Å². The molecule has 1 amide bonds. The lowest BCUT2D eigenvalue weighted by atomic mass is 9.86. The van der Waals surface area contributed by atoms with Gasteiger partial charge in [-0.25, -0.2) is 4.98 Å². The number of nitriles is 1. The van der Waals surface area contributed by atoms with Crippen molar-refractivity contribution in [2.45, 2.75) is 72.1 Å². The molecule has 32 heavy (non-hydrogen) atoms.